The fourth-order valence-electron chi connectivity index (χ4n) is 1.07. The summed E-state index contributed by atoms with van der Waals surface area (Å²) in [6, 6.07) is -0.131. The molecule has 0 spiro atoms. The van der Waals surface area contributed by atoms with E-state index in [1.807, 2.05) is 0 Å². The Morgan fingerprint density at radius 3 is 2.69 bits per heavy atom. The van der Waals surface area contributed by atoms with Crippen LogP contribution in [0.25, 0.3) is 0 Å². The van der Waals surface area contributed by atoms with Crippen LogP contribution >= 0.6 is 0 Å². The molecule has 0 amide bonds. The van der Waals surface area contributed by atoms with Gasteiger partial charge in [0, 0.05) is 24.9 Å². The van der Waals surface area contributed by atoms with Gasteiger partial charge in [0.2, 0.25) is 0 Å². The third-order valence-electron chi connectivity index (χ3n) is 1.65. The van der Waals surface area contributed by atoms with Crippen LogP contribution in [0.3, 0.4) is 0 Å². The monoisotopic (exact) mass is 179 g/mol. The normalized spacial score (nSPS) is 12.5. The average molecular weight is 179 g/mol. The molecule has 0 aliphatic rings. The van der Waals surface area contributed by atoms with Crippen molar-refractivity contribution in [3.63, 3.8) is 0 Å². The van der Waals surface area contributed by atoms with Gasteiger partial charge in [-0.05, 0) is 13.8 Å². The number of nitrogens with two attached hydrogens (primary N) is 1. The van der Waals surface area contributed by atoms with Crippen LogP contribution in [0.15, 0.2) is 12.4 Å². The van der Waals surface area contributed by atoms with Crippen LogP contribution in [0.2, 0.25) is 0 Å². The van der Waals surface area contributed by atoms with Crippen molar-refractivity contribution in [3.05, 3.63) is 23.8 Å². The molecule has 0 aromatic carbocycles. The highest BCUT2D eigenvalue weighted by Crippen LogP contribution is 2.04. The summed E-state index contributed by atoms with van der Waals surface area (Å²) in [5, 5.41) is 0. The van der Waals surface area contributed by atoms with E-state index >= 15 is 0 Å². The van der Waals surface area contributed by atoms with E-state index < -0.39 is 0 Å². The number of hydrogen-bond donors (Lipinski definition) is 1. The Hall–Kier alpha value is -1.29. The van der Waals surface area contributed by atoms with Crippen LogP contribution < -0.4 is 5.73 Å². The molecule has 0 aliphatic carbocycles. The van der Waals surface area contributed by atoms with E-state index in [0.29, 0.717) is 17.8 Å². The lowest BCUT2D eigenvalue weighted by atomic mass is 10.1. The molecule has 70 valence electrons. The molecule has 0 radical (unpaired) electrons. The quantitative estimate of drug-likeness (QED) is 0.693. The zero-order chi connectivity index (χ0) is 9.84. The maximum absolute atomic E-state index is 11.5. The Morgan fingerprint density at radius 1 is 1.54 bits per heavy atom. The molecule has 4 heteroatoms. The van der Waals surface area contributed by atoms with E-state index in [4.69, 9.17) is 5.73 Å². The van der Waals surface area contributed by atoms with Gasteiger partial charge in [0.15, 0.2) is 5.78 Å². The molecule has 2 N–H and O–H groups in total. The van der Waals surface area contributed by atoms with Gasteiger partial charge in [-0.2, -0.15) is 0 Å². The first-order valence-electron chi connectivity index (χ1n) is 4.17. The van der Waals surface area contributed by atoms with Crippen molar-refractivity contribution in [2.24, 2.45) is 5.73 Å². The summed E-state index contributed by atoms with van der Waals surface area (Å²) < 4.78 is 0. The minimum Gasteiger partial charge on any atom is -0.328 e. The summed E-state index contributed by atoms with van der Waals surface area (Å²) in [5.74, 6) is -0.0411. The van der Waals surface area contributed by atoms with Gasteiger partial charge in [0.25, 0.3) is 0 Å². The number of ketones is 1. The molecule has 4 nitrogen and oxygen atoms in total. The van der Waals surface area contributed by atoms with Crippen molar-refractivity contribution in [2.75, 3.05) is 0 Å². The third kappa shape index (κ3) is 2.59. The van der Waals surface area contributed by atoms with Crippen LogP contribution in [-0.4, -0.2) is 21.8 Å². The second kappa shape index (κ2) is 4.09. The number of aryl methyl sites for hydroxylation is 1. The van der Waals surface area contributed by atoms with Gasteiger partial charge in [0.05, 0.1) is 5.69 Å². The number of carbonyl (C=O) groups is 1. The van der Waals surface area contributed by atoms with Crippen molar-refractivity contribution < 1.29 is 4.79 Å². The van der Waals surface area contributed by atoms with Crippen LogP contribution in [0, 0.1) is 6.92 Å². The Balaban J connectivity index is 2.83. The first-order chi connectivity index (χ1) is 6.11. The molecule has 1 aromatic rings. The summed E-state index contributed by atoms with van der Waals surface area (Å²) in [6.45, 7) is 3.56. The summed E-state index contributed by atoms with van der Waals surface area (Å²) in [5.41, 5.74) is 6.60. The van der Waals surface area contributed by atoms with Gasteiger partial charge in [0.1, 0.15) is 5.69 Å². The predicted molar refractivity (Wildman–Crippen MR) is 49.4 cm³/mol. The van der Waals surface area contributed by atoms with Gasteiger partial charge in [-0.25, -0.2) is 4.98 Å². The Bertz CT molecular complexity index is 309. The van der Waals surface area contributed by atoms with E-state index in [9.17, 15) is 4.79 Å². The molecule has 1 aromatic heterocycles. The van der Waals surface area contributed by atoms with Gasteiger partial charge >= 0.3 is 0 Å². The first kappa shape index (κ1) is 9.80. The number of hydrogen-bond acceptors (Lipinski definition) is 4. The second-order valence-electron chi connectivity index (χ2n) is 3.09. The largest absolute Gasteiger partial charge is 0.328 e. The van der Waals surface area contributed by atoms with Crippen molar-refractivity contribution in [1.82, 2.24) is 9.97 Å². The van der Waals surface area contributed by atoms with Crippen molar-refractivity contribution in [1.29, 1.82) is 0 Å². The van der Waals surface area contributed by atoms with E-state index in [-0.39, 0.29) is 11.8 Å². The minimum atomic E-state index is -0.131. The average Bonchev–Trinajstić information content (AvgIpc) is 2.03. The molecule has 1 atom stereocenters. The molecule has 1 rings (SSSR count). The summed E-state index contributed by atoms with van der Waals surface area (Å²) >= 11 is 0. The van der Waals surface area contributed by atoms with E-state index in [2.05, 4.69) is 9.97 Å². The molecule has 0 saturated heterocycles. The maximum atomic E-state index is 11.5. The first-order valence-corrected chi connectivity index (χ1v) is 4.17. The van der Waals surface area contributed by atoms with Crippen LogP contribution in [0.5, 0.6) is 0 Å². The summed E-state index contributed by atoms with van der Waals surface area (Å²) in [4.78, 5) is 19.4. The SMILES string of the molecule is Cc1nccnc1C(=O)CC(C)N. The molecule has 0 aliphatic heterocycles. The number of nitrogens with zero attached hydrogens (tertiary/aromatic N) is 2. The van der Waals surface area contributed by atoms with Gasteiger partial charge in [-0.3, -0.25) is 9.78 Å². The Kier molecular flexibility index (Phi) is 3.08. The molecule has 0 bridgehead atoms. The van der Waals surface area contributed by atoms with Crippen LogP contribution in [0.1, 0.15) is 29.5 Å². The zero-order valence-corrected chi connectivity index (χ0v) is 7.82. The molecule has 0 saturated carbocycles. The standard InChI is InChI=1S/C9H13N3O/c1-6(10)5-8(13)9-7(2)11-3-4-12-9/h3-4,6H,5,10H2,1-2H3. The van der Waals surface area contributed by atoms with E-state index in [0.717, 1.165) is 0 Å². The minimum absolute atomic E-state index is 0.0411. The van der Waals surface area contributed by atoms with Gasteiger partial charge < -0.3 is 5.73 Å². The molecule has 1 unspecified atom stereocenters. The van der Waals surface area contributed by atoms with Crippen molar-refractivity contribution >= 4 is 5.78 Å². The number of carbonyl (C=O) groups excluding carboxylic acids is 1. The van der Waals surface area contributed by atoms with Crippen molar-refractivity contribution in [3.8, 4) is 0 Å². The van der Waals surface area contributed by atoms with E-state index in [1.54, 1.807) is 20.0 Å². The lowest BCUT2D eigenvalue weighted by Gasteiger charge is -2.04. The number of Topliss-reactive ketones (excluding diaryl/α,β-unsaturated/α-hetero) is 1. The predicted octanol–water partition coefficient (Wildman–Crippen LogP) is 0.705. The molecule has 13 heavy (non-hydrogen) atoms. The summed E-state index contributed by atoms with van der Waals surface area (Å²) in [7, 11) is 0. The topological polar surface area (TPSA) is 68.9 Å². The third-order valence-corrected chi connectivity index (χ3v) is 1.65. The number of rotatable bonds is 3. The highest BCUT2D eigenvalue weighted by atomic mass is 16.1. The van der Waals surface area contributed by atoms with E-state index in [1.165, 1.54) is 6.20 Å². The molecular formula is C9H13N3O. The molecule has 1 heterocycles. The zero-order valence-electron chi connectivity index (χ0n) is 7.82. The summed E-state index contributed by atoms with van der Waals surface area (Å²) in [6.07, 6.45) is 3.40. The van der Waals surface area contributed by atoms with Gasteiger partial charge in [-0.15, -0.1) is 0 Å². The van der Waals surface area contributed by atoms with Gasteiger partial charge in [-0.1, -0.05) is 0 Å². The number of aromatic nitrogens is 2. The molecule has 0 fully saturated rings. The lowest BCUT2D eigenvalue weighted by molar-refractivity contribution is 0.0970. The lowest BCUT2D eigenvalue weighted by Crippen LogP contribution is -2.21. The Labute approximate surface area is 77.2 Å². The van der Waals surface area contributed by atoms with Crippen LogP contribution in [-0.2, 0) is 0 Å². The highest BCUT2D eigenvalue weighted by Gasteiger charge is 2.12. The fourth-order valence-corrected chi connectivity index (χ4v) is 1.07. The smallest absolute Gasteiger partial charge is 0.184 e. The van der Waals surface area contributed by atoms with Crippen LogP contribution in [0.4, 0.5) is 0 Å². The highest BCUT2D eigenvalue weighted by molar-refractivity contribution is 5.95. The second-order valence-corrected chi connectivity index (χ2v) is 3.09. The van der Waals surface area contributed by atoms with Crippen molar-refractivity contribution in [2.45, 2.75) is 26.3 Å². The Morgan fingerprint density at radius 2 is 2.15 bits per heavy atom. The fraction of sp³-hybridized carbons (Fsp3) is 0.444. The molecular weight excluding hydrogens is 166 g/mol. The maximum Gasteiger partial charge on any atom is 0.184 e.